The van der Waals surface area contributed by atoms with Gasteiger partial charge in [0.05, 0.1) is 29.6 Å². The Labute approximate surface area is 121 Å². The number of halogens is 1. The molecule has 0 aromatic heterocycles. The predicted molar refractivity (Wildman–Crippen MR) is 77.1 cm³/mol. The molecule has 1 aromatic rings. The maximum atomic E-state index is 9.34. The molecule has 19 heavy (non-hydrogen) atoms. The van der Waals surface area contributed by atoms with Crippen molar-refractivity contribution in [3.05, 3.63) is 28.2 Å². The molecule has 0 saturated carbocycles. The Morgan fingerprint density at radius 1 is 1.58 bits per heavy atom. The number of morpholine rings is 1. The zero-order valence-corrected chi connectivity index (χ0v) is 12.6. The molecule has 102 valence electrons. The van der Waals surface area contributed by atoms with Gasteiger partial charge < -0.3 is 14.7 Å². The van der Waals surface area contributed by atoms with Gasteiger partial charge in [0.15, 0.2) is 0 Å². The molecule has 0 radical (unpaired) electrons. The quantitative estimate of drug-likeness (QED) is 0.906. The van der Waals surface area contributed by atoms with Gasteiger partial charge in [0.1, 0.15) is 6.07 Å². The largest absolute Gasteiger partial charge is 0.394 e. The van der Waals surface area contributed by atoms with E-state index < -0.39 is 0 Å². The minimum atomic E-state index is -0.347. The van der Waals surface area contributed by atoms with Gasteiger partial charge in [0.2, 0.25) is 0 Å². The first kappa shape index (κ1) is 14.3. The molecule has 4 nitrogen and oxygen atoms in total. The first-order valence-corrected chi connectivity index (χ1v) is 6.98. The summed E-state index contributed by atoms with van der Waals surface area (Å²) in [4.78, 5) is 2.10. The lowest BCUT2D eigenvalue weighted by Crippen LogP contribution is -2.54. The van der Waals surface area contributed by atoms with Gasteiger partial charge in [-0.15, -0.1) is 0 Å². The highest BCUT2D eigenvalue weighted by atomic mass is 79.9. The van der Waals surface area contributed by atoms with Gasteiger partial charge in [0, 0.05) is 17.6 Å². The van der Waals surface area contributed by atoms with Crippen molar-refractivity contribution in [2.75, 3.05) is 24.6 Å². The van der Waals surface area contributed by atoms with E-state index in [1.807, 2.05) is 26.0 Å². The SMILES string of the molecule is CC1(C)CN(c2cc(Br)ccc2C#N)CC(CO)O1. The van der Waals surface area contributed by atoms with Crippen LogP contribution in [0.5, 0.6) is 0 Å². The Morgan fingerprint density at radius 3 is 2.95 bits per heavy atom. The smallest absolute Gasteiger partial charge is 0.101 e. The van der Waals surface area contributed by atoms with Crippen LogP contribution >= 0.6 is 15.9 Å². The molecular formula is C14H17BrN2O2. The maximum absolute atomic E-state index is 9.34. The van der Waals surface area contributed by atoms with Crippen molar-refractivity contribution < 1.29 is 9.84 Å². The lowest BCUT2D eigenvalue weighted by molar-refractivity contribution is -0.101. The van der Waals surface area contributed by atoms with Crippen molar-refractivity contribution in [1.82, 2.24) is 0 Å². The highest BCUT2D eigenvalue weighted by Gasteiger charge is 2.33. The molecule has 1 N–H and O–H groups in total. The fourth-order valence-corrected chi connectivity index (χ4v) is 2.78. The molecule has 1 aromatic carbocycles. The first-order valence-electron chi connectivity index (χ1n) is 6.18. The number of hydrogen-bond donors (Lipinski definition) is 1. The number of nitriles is 1. The van der Waals surface area contributed by atoms with Crippen LogP contribution in [0.25, 0.3) is 0 Å². The van der Waals surface area contributed by atoms with E-state index in [9.17, 15) is 10.4 Å². The summed E-state index contributed by atoms with van der Waals surface area (Å²) in [6.45, 7) is 5.24. The standard InChI is InChI=1S/C14H17BrN2O2/c1-14(2)9-17(7-12(8-18)19-14)13-5-11(15)4-3-10(13)6-16/h3-5,12,18H,7-9H2,1-2H3. The second-order valence-corrected chi connectivity index (χ2v) is 6.25. The zero-order chi connectivity index (χ0) is 14.0. The van der Waals surface area contributed by atoms with E-state index in [0.717, 1.165) is 10.2 Å². The van der Waals surface area contributed by atoms with Crippen LogP contribution in [-0.4, -0.2) is 36.5 Å². The zero-order valence-electron chi connectivity index (χ0n) is 11.1. The van der Waals surface area contributed by atoms with Crippen LogP contribution in [-0.2, 0) is 4.74 Å². The summed E-state index contributed by atoms with van der Waals surface area (Å²) >= 11 is 3.44. The van der Waals surface area contributed by atoms with Crippen molar-refractivity contribution in [3.63, 3.8) is 0 Å². The monoisotopic (exact) mass is 324 g/mol. The molecule has 0 amide bonds. The van der Waals surface area contributed by atoms with Gasteiger partial charge >= 0.3 is 0 Å². The van der Waals surface area contributed by atoms with Gasteiger partial charge in [-0.05, 0) is 32.0 Å². The van der Waals surface area contributed by atoms with E-state index in [1.54, 1.807) is 6.07 Å². The fraction of sp³-hybridized carbons (Fsp3) is 0.500. The number of rotatable bonds is 2. The Hall–Kier alpha value is -1.09. The van der Waals surface area contributed by atoms with Crippen LogP contribution in [0, 0.1) is 11.3 Å². The topological polar surface area (TPSA) is 56.5 Å². The minimum absolute atomic E-state index is 0.0180. The van der Waals surface area contributed by atoms with Crippen LogP contribution in [0.1, 0.15) is 19.4 Å². The van der Waals surface area contributed by atoms with E-state index in [1.165, 1.54) is 0 Å². The van der Waals surface area contributed by atoms with Crippen molar-refractivity contribution in [1.29, 1.82) is 5.26 Å². The summed E-state index contributed by atoms with van der Waals surface area (Å²) in [6, 6.07) is 7.81. The number of aliphatic hydroxyl groups excluding tert-OH is 1. The first-order chi connectivity index (χ1) is 8.95. The van der Waals surface area contributed by atoms with Gasteiger partial charge in [0.25, 0.3) is 0 Å². The van der Waals surface area contributed by atoms with Gasteiger partial charge in [-0.1, -0.05) is 15.9 Å². The Balaban J connectivity index is 2.35. The van der Waals surface area contributed by atoms with E-state index in [4.69, 9.17) is 4.74 Å². The highest BCUT2D eigenvalue weighted by molar-refractivity contribution is 9.10. The number of hydrogen-bond acceptors (Lipinski definition) is 4. The second-order valence-electron chi connectivity index (χ2n) is 5.34. The van der Waals surface area contributed by atoms with E-state index in [2.05, 4.69) is 26.9 Å². The highest BCUT2D eigenvalue weighted by Crippen LogP contribution is 2.30. The molecule has 1 atom stereocenters. The molecular weight excluding hydrogens is 308 g/mol. The number of anilines is 1. The molecule has 0 bridgehead atoms. The molecule has 1 aliphatic rings. The summed E-state index contributed by atoms with van der Waals surface area (Å²) in [7, 11) is 0. The molecule has 0 spiro atoms. The number of nitrogens with zero attached hydrogens (tertiary/aromatic N) is 2. The summed E-state index contributed by atoms with van der Waals surface area (Å²) in [6.07, 6.45) is -0.228. The third-order valence-corrected chi connectivity index (χ3v) is 3.60. The summed E-state index contributed by atoms with van der Waals surface area (Å²) in [5, 5.41) is 18.6. The van der Waals surface area contributed by atoms with Gasteiger partial charge in [-0.25, -0.2) is 0 Å². The normalized spacial score (nSPS) is 22.1. The fourth-order valence-electron chi connectivity index (χ4n) is 2.44. The summed E-state index contributed by atoms with van der Waals surface area (Å²) in [5.74, 6) is 0. The average Bonchev–Trinajstić information content (AvgIpc) is 2.36. The second kappa shape index (κ2) is 5.49. The Bertz CT molecular complexity index is 511. The van der Waals surface area contributed by atoms with Crippen LogP contribution < -0.4 is 4.90 Å². The van der Waals surface area contributed by atoms with Crippen molar-refractivity contribution in [3.8, 4) is 6.07 Å². The molecule has 1 aliphatic heterocycles. The Kier molecular flexibility index (Phi) is 4.14. The lowest BCUT2D eigenvalue weighted by atomic mass is 10.0. The molecule has 1 heterocycles. The third-order valence-electron chi connectivity index (χ3n) is 3.11. The van der Waals surface area contributed by atoms with Crippen molar-refractivity contribution in [2.45, 2.75) is 25.6 Å². The lowest BCUT2D eigenvalue weighted by Gasteiger charge is -2.43. The number of benzene rings is 1. The van der Waals surface area contributed by atoms with E-state index in [0.29, 0.717) is 18.7 Å². The average molecular weight is 325 g/mol. The molecule has 1 unspecified atom stereocenters. The molecule has 2 rings (SSSR count). The molecule has 0 aliphatic carbocycles. The van der Waals surface area contributed by atoms with E-state index >= 15 is 0 Å². The van der Waals surface area contributed by atoms with Crippen LogP contribution in [0.15, 0.2) is 22.7 Å². The van der Waals surface area contributed by atoms with Gasteiger partial charge in [-0.3, -0.25) is 0 Å². The minimum Gasteiger partial charge on any atom is -0.394 e. The summed E-state index contributed by atoms with van der Waals surface area (Å²) in [5.41, 5.74) is 1.17. The predicted octanol–water partition coefficient (Wildman–Crippen LogP) is 2.30. The van der Waals surface area contributed by atoms with Crippen molar-refractivity contribution >= 4 is 21.6 Å². The van der Waals surface area contributed by atoms with E-state index in [-0.39, 0.29) is 18.3 Å². The molecule has 5 heteroatoms. The molecule has 1 fully saturated rings. The van der Waals surface area contributed by atoms with Gasteiger partial charge in [-0.2, -0.15) is 5.26 Å². The van der Waals surface area contributed by atoms with Crippen LogP contribution in [0.3, 0.4) is 0 Å². The van der Waals surface area contributed by atoms with Crippen LogP contribution in [0.4, 0.5) is 5.69 Å². The molecule has 1 saturated heterocycles. The Morgan fingerprint density at radius 2 is 2.32 bits per heavy atom. The number of aliphatic hydroxyl groups is 1. The maximum Gasteiger partial charge on any atom is 0.101 e. The number of ether oxygens (including phenoxy) is 1. The van der Waals surface area contributed by atoms with Crippen LogP contribution in [0.2, 0.25) is 0 Å². The third kappa shape index (κ3) is 3.27. The van der Waals surface area contributed by atoms with Crippen molar-refractivity contribution in [2.24, 2.45) is 0 Å². The summed E-state index contributed by atoms with van der Waals surface area (Å²) < 4.78 is 6.73.